The molecule has 0 bridgehead atoms. The number of rotatable bonds is 6. The highest BCUT2D eigenvalue weighted by Gasteiger charge is 2.33. The van der Waals surface area contributed by atoms with Crippen LogP contribution in [0.15, 0.2) is 12.7 Å². The summed E-state index contributed by atoms with van der Waals surface area (Å²) in [5, 5.41) is 3.23. The van der Waals surface area contributed by atoms with Crippen molar-refractivity contribution in [3.63, 3.8) is 0 Å². The second-order valence-electron chi connectivity index (χ2n) is 9.29. The number of hydrogen-bond acceptors (Lipinski definition) is 7. The van der Waals surface area contributed by atoms with Crippen LogP contribution in [-0.4, -0.2) is 67.9 Å². The first-order valence-electron chi connectivity index (χ1n) is 11.0. The number of carbonyl (C=O) groups excluding carboxylic acids is 1. The van der Waals surface area contributed by atoms with Crippen LogP contribution in [0.1, 0.15) is 59.1 Å². The second kappa shape index (κ2) is 9.26. The van der Waals surface area contributed by atoms with Crippen LogP contribution in [0, 0.1) is 0 Å². The fraction of sp³-hybridized carbons (Fsp3) is 0.714. The lowest BCUT2D eigenvalue weighted by Gasteiger charge is -2.27. The summed E-state index contributed by atoms with van der Waals surface area (Å²) < 4.78 is 13.6. The zero-order valence-corrected chi connectivity index (χ0v) is 19.1. The van der Waals surface area contributed by atoms with Crippen molar-refractivity contribution in [2.45, 2.75) is 76.9 Å². The number of hydrogen-bond donors (Lipinski definition) is 1. The molecule has 4 rings (SSSR count). The number of aromatic nitrogens is 4. The number of fused-ring (bicyclic) bond motifs is 1. The summed E-state index contributed by atoms with van der Waals surface area (Å²) in [6, 6.07) is 0.457. The Hall–Kier alpha value is -1.97. The van der Waals surface area contributed by atoms with Crippen molar-refractivity contribution in [2.24, 2.45) is 0 Å². The number of ether oxygens (including phenoxy) is 2. The number of amides is 1. The highest BCUT2D eigenvalue weighted by atomic mass is 35.5. The molecule has 0 spiro atoms. The molecule has 2 fully saturated rings. The zero-order valence-electron chi connectivity index (χ0n) is 18.4. The maximum Gasteiger partial charge on any atom is 0.407 e. The summed E-state index contributed by atoms with van der Waals surface area (Å²) in [5.41, 5.74) is 0.837. The van der Waals surface area contributed by atoms with Gasteiger partial charge >= 0.3 is 6.09 Å². The van der Waals surface area contributed by atoms with Crippen molar-refractivity contribution < 1.29 is 14.3 Å². The Morgan fingerprint density at radius 2 is 2.13 bits per heavy atom. The number of halogens is 1. The average molecular weight is 451 g/mol. The number of nitrogens with zero attached hydrogens (tertiary/aromatic N) is 5. The number of nitrogens with one attached hydrogen (secondary N) is 1. The molecule has 0 radical (unpaired) electrons. The Kier molecular flexibility index (Phi) is 6.64. The van der Waals surface area contributed by atoms with Crippen molar-refractivity contribution >= 4 is 28.9 Å². The largest absolute Gasteiger partial charge is 0.444 e. The molecule has 2 saturated heterocycles. The number of imidazole rings is 1. The predicted octanol–water partition coefficient (Wildman–Crippen LogP) is 3.54. The Bertz CT molecular complexity index is 914. The van der Waals surface area contributed by atoms with E-state index in [9.17, 15) is 4.79 Å². The van der Waals surface area contributed by atoms with E-state index in [1.165, 1.54) is 12.7 Å². The quantitative estimate of drug-likeness (QED) is 0.672. The Morgan fingerprint density at radius 1 is 1.29 bits per heavy atom. The Morgan fingerprint density at radius 3 is 2.94 bits per heavy atom. The van der Waals surface area contributed by atoms with Crippen molar-refractivity contribution in [3.05, 3.63) is 17.8 Å². The minimum atomic E-state index is -0.474. The highest BCUT2D eigenvalue weighted by molar-refractivity contribution is 6.33. The van der Waals surface area contributed by atoms with E-state index in [-0.39, 0.29) is 18.4 Å². The van der Waals surface area contributed by atoms with E-state index in [0.717, 1.165) is 38.8 Å². The summed E-state index contributed by atoms with van der Waals surface area (Å²) in [7, 11) is 0. The minimum absolute atomic E-state index is 0.0872. The van der Waals surface area contributed by atoms with Gasteiger partial charge in [-0.1, -0.05) is 11.6 Å². The van der Waals surface area contributed by atoms with E-state index < -0.39 is 5.60 Å². The predicted molar refractivity (Wildman–Crippen MR) is 117 cm³/mol. The highest BCUT2D eigenvalue weighted by Crippen LogP contribution is 2.33. The molecule has 170 valence electrons. The summed E-state index contributed by atoms with van der Waals surface area (Å²) in [5.74, 6) is 0. The summed E-state index contributed by atoms with van der Waals surface area (Å²) in [6.07, 6.45) is 8.05. The van der Waals surface area contributed by atoms with E-state index in [2.05, 4.69) is 25.2 Å². The smallest absolute Gasteiger partial charge is 0.407 e. The number of alkyl carbamates (subject to hydrolysis) is 1. The van der Waals surface area contributed by atoms with Crippen LogP contribution in [0.2, 0.25) is 5.15 Å². The number of likely N-dealkylation sites (tertiary alicyclic amines) is 1. The van der Waals surface area contributed by atoms with E-state index in [1.54, 1.807) is 6.33 Å². The van der Waals surface area contributed by atoms with Crippen LogP contribution < -0.4 is 5.32 Å². The maximum absolute atomic E-state index is 11.9. The summed E-state index contributed by atoms with van der Waals surface area (Å²) in [6.45, 7) is 8.19. The van der Waals surface area contributed by atoms with Crippen LogP contribution in [0.5, 0.6) is 0 Å². The lowest BCUT2D eigenvalue weighted by Crippen LogP contribution is -2.39. The normalized spacial score (nSPS) is 24.7. The fourth-order valence-corrected chi connectivity index (χ4v) is 4.62. The summed E-state index contributed by atoms with van der Waals surface area (Å²) in [4.78, 5) is 27.0. The van der Waals surface area contributed by atoms with Gasteiger partial charge in [0.25, 0.3) is 0 Å². The molecule has 4 heterocycles. The minimum Gasteiger partial charge on any atom is -0.444 e. The van der Waals surface area contributed by atoms with E-state index in [0.29, 0.717) is 28.9 Å². The zero-order chi connectivity index (χ0) is 22.0. The fourth-order valence-electron chi connectivity index (χ4n) is 4.44. The molecular formula is C21H31ClN6O3. The second-order valence-corrected chi connectivity index (χ2v) is 9.64. The molecule has 2 aromatic rings. The SMILES string of the molecule is CC(C)(C)OC(=O)NCCC1CCCN1CC1CCC(n2cnc3c(Cl)ncnc32)O1. The van der Waals surface area contributed by atoms with Gasteiger partial charge in [0.1, 0.15) is 23.7 Å². The standard InChI is InChI=1S/C21H31ClN6O3/c1-21(2,3)31-20(29)23-9-8-14-5-4-10-27(14)11-15-6-7-16(30-15)28-13-26-17-18(22)24-12-25-19(17)28/h12-16H,4-11H2,1-3H3,(H,23,29). The van der Waals surface area contributed by atoms with Gasteiger partial charge in [-0.25, -0.2) is 19.7 Å². The van der Waals surface area contributed by atoms with Gasteiger partial charge < -0.3 is 14.8 Å². The van der Waals surface area contributed by atoms with Crippen LogP contribution >= 0.6 is 11.6 Å². The van der Waals surface area contributed by atoms with Crippen molar-refractivity contribution in [2.75, 3.05) is 19.6 Å². The molecular weight excluding hydrogens is 420 g/mol. The van der Waals surface area contributed by atoms with Gasteiger partial charge in [0.15, 0.2) is 10.8 Å². The third-order valence-electron chi connectivity index (χ3n) is 5.79. The molecule has 3 atom stereocenters. The molecule has 2 aromatic heterocycles. The average Bonchev–Trinajstić information content (AvgIpc) is 3.41. The van der Waals surface area contributed by atoms with Gasteiger partial charge in [-0.05, 0) is 59.4 Å². The Balaban J connectivity index is 1.27. The summed E-state index contributed by atoms with van der Waals surface area (Å²) >= 11 is 6.12. The number of carbonyl (C=O) groups is 1. The van der Waals surface area contributed by atoms with E-state index in [1.807, 2.05) is 25.3 Å². The van der Waals surface area contributed by atoms with Gasteiger partial charge in [0, 0.05) is 19.1 Å². The van der Waals surface area contributed by atoms with Gasteiger partial charge in [-0.15, -0.1) is 0 Å². The first-order chi connectivity index (χ1) is 14.8. The first-order valence-corrected chi connectivity index (χ1v) is 11.4. The molecule has 0 aromatic carbocycles. The van der Waals surface area contributed by atoms with E-state index >= 15 is 0 Å². The van der Waals surface area contributed by atoms with Crippen molar-refractivity contribution in [1.29, 1.82) is 0 Å². The van der Waals surface area contributed by atoms with Crippen LogP contribution in [0.3, 0.4) is 0 Å². The maximum atomic E-state index is 11.9. The molecule has 1 N–H and O–H groups in total. The molecule has 10 heteroatoms. The van der Waals surface area contributed by atoms with Crippen molar-refractivity contribution in [1.82, 2.24) is 29.7 Å². The topological polar surface area (TPSA) is 94.4 Å². The van der Waals surface area contributed by atoms with E-state index in [4.69, 9.17) is 21.1 Å². The molecule has 9 nitrogen and oxygen atoms in total. The molecule has 3 unspecified atom stereocenters. The Labute approximate surface area is 187 Å². The van der Waals surface area contributed by atoms with Gasteiger partial charge in [-0.2, -0.15) is 0 Å². The first kappa shape index (κ1) is 22.2. The van der Waals surface area contributed by atoms with Crippen LogP contribution in [0.4, 0.5) is 4.79 Å². The van der Waals surface area contributed by atoms with Gasteiger partial charge in [-0.3, -0.25) is 9.47 Å². The van der Waals surface area contributed by atoms with Crippen LogP contribution in [-0.2, 0) is 9.47 Å². The third kappa shape index (κ3) is 5.45. The van der Waals surface area contributed by atoms with Gasteiger partial charge in [0.2, 0.25) is 0 Å². The third-order valence-corrected chi connectivity index (χ3v) is 6.07. The van der Waals surface area contributed by atoms with Gasteiger partial charge in [0.05, 0.1) is 12.4 Å². The molecule has 2 aliphatic rings. The van der Waals surface area contributed by atoms with Crippen LogP contribution in [0.25, 0.3) is 11.2 Å². The molecule has 0 aliphatic carbocycles. The monoisotopic (exact) mass is 450 g/mol. The lowest BCUT2D eigenvalue weighted by molar-refractivity contribution is -0.0137. The molecule has 31 heavy (non-hydrogen) atoms. The lowest BCUT2D eigenvalue weighted by atomic mass is 10.1. The van der Waals surface area contributed by atoms with Crippen molar-refractivity contribution in [3.8, 4) is 0 Å². The molecule has 2 aliphatic heterocycles. The molecule has 0 saturated carbocycles. The molecule has 1 amide bonds.